The van der Waals surface area contributed by atoms with Crippen LogP contribution in [0.3, 0.4) is 0 Å². The fourth-order valence-corrected chi connectivity index (χ4v) is 3.73. The van der Waals surface area contributed by atoms with Crippen molar-refractivity contribution in [1.82, 2.24) is 10.2 Å². The van der Waals surface area contributed by atoms with E-state index in [0.717, 1.165) is 25.2 Å². The Morgan fingerprint density at radius 1 is 1.12 bits per heavy atom. The third-order valence-corrected chi connectivity index (χ3v) is 5.10. The number of ether oxygens (including phenoxy) is 3. The lowest BCUT2D eigenvalue weighted by Crippen LogP contribution is -2.57. The van der Waals surface area contributed by atoms with Gasteiger partial charge in [0.05, 0.1) is 21.3 Å². The van der Waals surface area contributed by atoms with Crippen LogP contribution in [0, 0.1) is 5.92 Å². The molecule has 1 aromatic rings. The van der Waals surface area contributed by atoms with Gasteiger partial charge in [0.15, 0.2) is 11.5 Å². The third-order valence-electron chi connectivity index (χ3n) is 5.10. The SMILES string of the molecule is COc1cc(C=CC(=O)NC2CN3CCC2CC3)cc(OC)c1OC. The summed E-state index contributed by atoms with van der Waals surface area (Å²) in [5.74, 6) is 2.23. The lowest BCUT2D eigenvalue weighted by atomic mass is 9.84. The summed E-state index contributed by atoms with van der Waals surface area (Å²) in [6.07, 6.45) is 5.70. The molecular weight excluding hydrogens is 320 g/mol. The standard InChI is InChI=1S/C19H26N2O4/c1-23-16-10-13(11-17(24-2)19(16)25-3)4-5-18(22)20-15-12-21-8-6-14(15)7-9-21/h4-5,10-11,14-15H,6-9,12H2,1-3H3,(H,20,22). The highest BCUT2D eigenvalue weighted by molar-refractivity contribution is 5.92. The van der Waals surface area contributed by atoms with Gasteiger partial charge in [0.2, 0.25) is 11.7 Å². The first kappa shape index (κ1) is 17.6. The zero-order valence-electron chi connectivity index (χ0n) is 15.1. The normalized spacial score (nSPS) is 25.0. The molecule has 1 N–H and O–H groups in total. The Morgan fingerprint density at radius 3 is 2.24 bits per heavy atom. The van der Waals surface area contributed by atoms with E-state index in [0.29, 0.717) is 23.2 Å². The molecule has 6 nitrogen and oxygen atoms in total. The zero-order valence-corrected chi connectivity index (χ0v) is 15.1. The summed E-state index contributed by atoms with van der Waals surface area (Å²) in [6, 6.07) is 3.90. The third kappa shape index (κ3) is 3.90. The topological polar surface area (TPSA) is 60.0 Å². The van der Waals surface area contributed by atoms with Gasteiger partial charge < -0.3 is 24.4 Å². The number of carbonyl (C=O) groups is 1. The van der Waals surface area contributed by atoms with Crippen LogP contribution in [0.4, 0.5) is 0 Å². The van der Waals surface area contributed by atoms with Crippen molar-refractivity contribution in [2.45, 2.75) is 18.9 Å². The molecule has 1 atom stereocenters. The van der Waals surface area contributed by atoms with Gasteiger partial charge in [-0.15, -0.1) is 0 Å². The summed E-state index contributed by atoms with van der Waals surface area (Å²) in [6.45, 7) is 3.30. The van der Waals surface area contributed by atoms with E-state index in [4.69, 9.17) is 14.2 Å². The average molecular weight is 346 g/mol. The van der Waals surface area contributed by atoms with Crippen molar-refractivity contribution < 1.29 is 19.0 Å². The van der Waals surface area contributed by atoms with Gasteiger partial charge in [0.25, 0.3) is 0 Å². The fourth-order valence-electron chi connectivity index (χ4n) is 3.73. The number of rotatable bonds is 6. The lowest BCUT2D eigenvalue weighted by Gasteiger charge is -2.44. The molecule has 0 saturated carbocycles. The molecule has 6 heteroatoms. The summed E-state index contributed by atoms with van der Waals surface area (Å²) in [4.78, 5) is 14.7. The van der Waals surface area contributed by atoms with Crippen molar-refractivity contribution in [3.8, 4) is 17.2 Å². The lowest BCUT2D eigenvalue weighted by molar-refractivity contribution is -0.118. The zero-order chi connectivity index (χ0) is 17.8. The summed E-state index contributed by atoms with van der Waals surface area (Å²) in [5.41, 5.74) is 0.818. The molecule has 3 saturated heterocycles. The van der Waals surface area contributed by atoms with E-state index >= 15 is 0 Å². The van der Waals surface area contributed by atoms with Crippen LogP contribution in [0.5, 0.6) is 17.2 Å². The molecule has 0 radical (unpaired) electrons. The van der Waals surface area contributed by atoms with Crippen molar-refractivity contribution in [2.24, 2.45) is 5.92 Å². The van der Waals surface area contributed by atoms with E-state index in [-0.39, 0.29) is 11.9 Å². The van der Waals surface area contributed by atoms with E-state index in [1.807, 2.05) is 12.1 Å². The highest BCUT2D eigenvalue weighted by Gasteiger charge is 2.34. The molecule has 1 aromatic carbocycles. The molecule has 0 aliphatic carbocycles. The van der Waals surface area contributed by atoms with E-state index < -0.39 is 0 Å². The predicted molar refractivity (Wildman–Crippen MR) is 96.2 cm³/mol. The number of nitrogens with zero attached hydrogens (tertiary/aromatic N) is 1. The minimum absolute atomic E-state index is 0.0625. The molecular formula is C19H26N2O4. The molecule has 1 unspecified atom stereocenters. The molecule has 4 rings (SSSR count). The number of carbonyl (C=O) groups excluding carboxylic acids is 1. The van der Waals surface area contributed by atoms with Crippen molar-refractivity contribution in [2.75, 3.05) is 41.0 Å². The summed E-state index contributed by atoms with van der Waals surface area (Å²) in [7, 11) is 4.72. The summed E-state index contributed by atoms with van der Waals surface area (Å²) in [5, 5.41) is 3.15. The Labute approximate surface area is 148 Å². The van der Waals surface area contributed by atoms with Crippen LogP contribution >= 0.6 is 0 Å². The van der Waals surface area contributed by atoms with Crippen molar-refractivity contribution in [3.05, 3.63) is 23.8 Å². The second-order valence-electron chi connectivity index (χ2n) is 6.55. The van der Waals surface area contributed by atoms with Crippen LogP contribution in [0.25, 0.3) is 6.08 Å². The van der Waals surface area contributed by atoms with Gasteiger partial charge in [-0.3, -0.25) is 4.79 Å². The second kappa shape index (κ2) is 7.78. The Bertz CT molecular complexity index is 626. The van der Waals surface area contributed by atoms with Gasteiger partial charge in [0.1, 0.15) is 0 Å². The first-order chi connectivity index (χ1) is 12.1. The van der Waals surface area contributed by atoms with Gasteiger partial charge in [-0.05, 0) is 55.6 Å². The monoisotopic (exact) mass is 346 g/mol. The quantitative estimate of drug-likeness (QED) is 0.798. The molecule has 3 heterocycles. The summed E-state index contributed by atoms with van der Waals surface area (Å²) >= 11 is 0. The van der Waals surface area contributed by atoms with Crippen molar-refractivity contribution >= 4 is 12.0 Å². The molecule has 25 heavy (non-hydrogen) atoms. The Hall–Kier alpha value is -2.21. The van der Waals surface area contributed by atoms with E-state index in [1.165, 1.54) is 12.8 Å². The van der Waals surface area contributed by atoms with Gasteiger partial charge >= 0.3 is 0 Å². The van der Waals surface area contributed by atoms with Crippen LogP contribution in [0.2, 0.25) is 0 Å². The molecule has 136 valence electrons. The van der Waals surface area contributed by atoms with E-state index in [2.05, 4.69) is 10.2 Å². The largest absolute Gasteiger partial charge is 0.493 e. The van der Waals surface area contributed by atoms with Crippen molar-refractivity contribution in [1.29, 1.82) is 0 Å². The number of hydrogen-bond donors (Lipinski definition) is 1. The predicted octanol–water partition coefficient (Wildman–Crippen LogP) is 1.94. The van der Waals surface area contributed by atoms with Crippen LogP contribution in [0.15, 0.2) is 18.2 Å². The van der Waals surface area contributed by atoms with Crippen LogP contribution in [-0.4, -0.2) is 57.8 Å². The minimum Gasteiger partial charge on any atom is -0.493 e. The maximum Gasteiger partial charge on any atom is 0.244 e. The van der Waals surface area contributed by atoms with Crippen LogP contribution < -0.4 is 19.5 Å². The Balaban J connectivity index is 1.67. The van der Waals surface area contributed by atoms with Gasteiger partial charge in [-0.25, -0.2) is 0 Å². The average Bonchev–Trinajstić information content (AvgIpc) is 2.66. The van der Waals surface area contributed by atoms with E-state index in [1.54, 1.807) is 33.5 Å². The van der Waals surface area contributed by atoms with Gasteiger partial charge in [-0.2, -0.15) is 0 Å². The molecule has 0 spiro atoms. The van der Waals surface area contributed by atoms with Gasteiger partial charge in [-0.1, -0.05) is 0 Å². The van der Waals surface area contributed by atoms with Crippen LogP contribution in [0.1, 0.15) is 18.4 Å². The maximum atomic E-state index is 12.3. The summed E-state index contributed by atoms with van der Waals surface area (Å²) < 4.78 is 16.0. The Morgan fingerprint density at radius 2 is 1.76 bits per heavy atom. The minimum atomic E-state index is -0.0625. The fraction of sp³-hybridized carbons (Fsp3) is 0.526. The number of piperidine rings is 3. The number of amides is 1. The molecule has 1 amide bonds. The van der Waals surface area contributed by atoms with Crippen LogP contribution in [-0.2, 0) is 4.79 Å². The first-order valence-corrected chi connectivity index (χ1v) is 8.65. The Kier molecular flexibility index (Phi) is 5.48. The highest BCUT2D eigenvalue weighted by Crippen LogP contribution is 2.38. The van der Waals surface area contributed by atoms with E-state index in [9.17, 15) is 4.79 Å². The second-order valence-corrected chi connectivity index (χ2v) is 6.55. The molecule has 3 fully saturated rings. The molecule has 2 bridgehead atoms. The molecule has 3 aliphatic heterocycles. The number of hydrogen-bond acceptors (Lipinski definition) is 5. The number of benzene rings is 1. The molecule has 3 aliphatic rings. The number of nitrogens with one attached hydrogen (secondary N) is 1. The first-order valence-electron chi connectivity index (χ1n) is 8.65. The number of methoxy groups -OCH3 is 3. The van der Waals surface area contributed by atoms with Crippen molar-refractivity contribution in [3.63, 3.8) is 0 Å². The van der Waals surface area contributed by atoms with Gasteiger partial charge in [0, 0.05) is 18.7 Å². The number of fused-ring (bicyclic) bond motifs is 3. The maximum absolute atomic E-state index is 12.3. The smallest absolute Gasteiger partial charge is 0.244 e. The highest BCUT2D eigenvalue weighted by atomic mass is 16.5. The molecule has 0 aromatic heterocycles.